The second-order valence-corrected chi connectivity index (χ2v) is 15.0. The van der Waals surface area contributed by atoms with Crippen LogP contribution in [0, 0.1) is 17.8 Å². The van der Waals surface area contributed by atoms with Gasteiger partial charge in [-0.25, -0.2) is 4.79 Å². The fourth-order valence-electron chi connectivity index (χ4n) is 7.01. The minimum Gasteiger partial charge on any atom is -0.492 e. The molecular weight excluding hydrogens is 664 g/mol. The molecule has 2 aliphatic heterocycles. The van der Waals surface area contributed by atoms with Gasteiger partial charge in [0.05, 0.1) is 49.3 Å². The summed E-state index contributed by atoms with van der Waals surface area (Å²) in [6.45, 7) is 19.5. The molecule has 2 aliphatic rings. The van der Waals surface area contributed by atoms with E-state index < -0.39 is 29.8 Å². The van der Waals surface area contributed by atoms with Gasteiger partial charge in [0.1, 0.15) is 6.10 Å². The van der Waals surface area contributed by atoms with Crippen molar-refractivity contribution in [1.29, 1.82) is 0 Å². The molecule has 11 heteroatoms. The maximum atomic E-state index is 11.9. The Balaban J connectivity index is 2.02. The lowest BCUT2D eigenvalue weighted by molar-refractivity contribution is -0.208. The van der Waals surface area contributed by atoms with Crippen molar-refractivity contribution < 1.29 is 43.5 Å². The Morgan fingerprint density at radius 3 is 2.48 bits per heavy atom. The van der Waals surface area contributed by atoms with Crippen molar-refractivity contribution in [3.05, 3.63) is 72.6 Å². The third-order valence-electron chi connectivity index (χ3n) is 10.0. The second kappa shape index (κ2) is 22.1. The summed E-state index contributed by atoms with van der Waals surface area (Å²) in [6.07, 6.45) is 15.1. The van der Waals surface area contributed by atoms with E-state index in [4.69, 9.17) is 29.4 Å². The predicted molar refractivity (Wildman–Crippen MR) is 204 cm³/mol. The molecule has 0 aromatic rings. The van der Waals surface area contributed by atoms with Crippen LogP contribution in [0.2, 0.25) is 0 Å². The van der Waals surface area contributed by atoms with Crippen molar-refractivity contribution in [2.45, 2.75) is 135 Å². The molecule has 0 spiro atoms. The highest BCUT2D eigenvalue weighted by Gasteiger charge is 2.45. The summed E-state index contributed by atoms with van der Waals surface area (Å²) in [6, 6.07) is 0. The average Bonchev–Trinajstić information content (AvgIpc) is 3.08. The molecule has 2 amide bonds. The third-order valence-corrected chi connectivity index (χ3v) is 10.0. The Kier molecular flexibility index (Phi) is 19.1. The van der Waals surface area contributed by atoms with E-state index >= 15 is 0 Å². The topological polar surface area (TPSA) is 159 Å². The summed E-state index contributed by atoms with van der Waals surface area (Å²) in [5.41, 5.74) is 6.39. The van der Waals surface area contributed by atoms with Crippen LogP contribution >= 0.6 is 0 Å². The van der Waals surface area contributed by atoms with E-state index in [-0.39, 0.29) is 67.0 Å². The van der Waals surface area contributed by atoms with E-state index in [1.807, 2.05) is 32.1 Å². The summed E-state index contributed by atoms with van der Waals surface area (Å²) in [4.78, 5) is 23.4. The molecular formula is C41H66N2O9. The maximum Gasteiger partial charge on any atom is 0.404 e. The standard InChI is InChI=1S/C41H66N2O9/c1-11-12-13-27(3)18-29(5)36-22-34(49-10)21-35(50-36)23-37-30(6)24-41(8,47)38(52-37)19-28(4)15-14-26(2)16-17-33(51-40(42)46)20-32(44)25-43-39(45)31(7)48-9/h11-16,18,28-30,32-38,44,47H,1,7,17,19-25H2,2-6,8-10H3,(H2,42,46)(H,43,45)/b13-12+,15-14+,26-16+,27-18+. The summed E-state index contributed by atoms with van der Waals surface area (Å²) in [5, 5.41) is 24.4. The van der Waals surface area contributed by atoms with E-state index in [2.05, 4.69) is 64.4 Å². The largest absolute Gasteiger partial charge is 0.492 e. The lowest BCUT2D eigenvalue weighted by Gasteiger charge is -2.47. The Morgan fingerprint density at radius 1 is 1.13 bits per heavy atom. The van der Waals surface area contributed by atoms with Gasteiger partial charge in [-0.3, -0.25) is 4.79 Å². The number of carbonyl (C=O) groups is 2. The van der Waals surface area contributed by atoms with Crippen LogP contribution in [0.15, 0.2) is 72.6 Å². The van der Waals surface area contributed by atoms with Crippen LogP contribution in [0.5, 0.6) is 0 Å². The number of primary amides is 1. The smallest absolute Gasteiger partial charge is 0.404 e. The van der Waals surface area contributed by atoms with Gasteiger partial charge in [0, 0.05) is 45.3 Å². The molecule has 11 unspecified atom stereocenters. The maximum absolute atomic E-state index is 11.9. The summed E-state index contributed by atoms with van der Waals surface area (Å²) in [5.74, 6) is -0.143. The molecule has 0 saturated carbocycles. The van der Waals surface area contributed by atoms with E-state index in [1.54, 1.807) is 13.2 Å². The molecule has 0 bridgehead atoms. The van der Waals surface area contributed by atoms with E-state index in [0.717, 1.165) is 24.8 Å². The number of nitrogens with one attached hydrogen (secondary N) is 1. The van der Waals surface area contributed by atoms with Gasteiger partial charge in [0.25, 0.3) is 5.91 Å². The molecule has 5 N–H and O–H groups in total. The number of hydrogen-bond acceptors (Lipinski definition) is 9. The van der Waals surface area contributed by atoms with E-state index in [9.17, 15) is 19.8 Å². The molecule has 0 aromatic heterocycles. The van der Waals surface area contributed by atoms with Crippen LogP contribution in [0.4, 0.5) is 4.79 Å². The Bertz CT molecular complexity index is 1290. The van der Waals surface area contributed by atoms with Gasteiger partial charge in [-0.15, -0.1) is 0 Å². The summed E-state index contributed by atoms with van der Waals surface area (Å²) >= 11 is 0. The fourth-order valence-corrected chi connectivity index (χ4v) is 7.01. The Hall–Kier alpha value is -3.22. The SMILES string of the molecule is C=C/C=C/C(C)=C/C(C)C1CC(OC)CC(CC2OC(CC(C)/C=C/C(C)=C/CC(CC(O)CNC(=O)C(=C)OC)OC(N)=O)C(C)(O)CC2C)O1. The predicted octanol–water partition coefficient (Wildman–Crippen LogP) is 6.22. The zero-order valence-electron chi connectivity index (χ0n) is 32.7. The van der Waals surface area contributed by atoms with Gasteiger partial charge in [0.15, 0.2) is 5.76 Å². The van der Waals surface area contributed by atoms with Crippen molar-refractivity contribution in [3.8, 4) is 0 Å². The molecule has 52 heavy (non-hydrogen) atoms. The zero-order valence-corrected chi connectivity index (χ0v) is 32.7. The monoisotopic (exact) mass is 730 g/mol. The number of methoxy groups -OCH3 is 2. The first-order chi connectivity index (χ1) is 24.5. The molecule has 0 aromatic carbocycles. The lowest BCUT2D eigenvalue weighted by atomic mass is 9.77. The lowest BCUT2D eigenvalue weighted by Crippen LogP contribution is -2.53. The minimum atomic E-state index is -0.982. The van der Waals surface area contributed by atoms with Gasteiger partial charge in [-0.2, -0.15) is 0 Å². The number of aliphatic hydroxyl groups excluding tert-OH is 1. The van der Waals surface area contributed by atoms with Crippen LogP contribution in [0.1, 0.15) is 86.5 Å². The second-order valence-electron chi connectivity index (χ2n) is 15.0. The number of ether oxygens (including phenoxy) is 5. The molecule has 0 aliphatic carbocycles. The van der Waals surface area contributed by atoms with Crippen molar-refractivity contribution in [1.82, 2.24) is 5.32 Å². The van der Waals surface area contributed by atoms with Crippen molar-refractivity contribution in [2.24, 2.45) is 23.5 Å². The molecule has 294 valence electrons. The van der Waals surface area contributed by atoms with E-state index in [0.29, 0.717) is 19.3 Å². The number of nitrogens with two attached hydrogens (primary N) is 1. The van der Waals surface area contributed by atoms with Gasteiger partial charge in [-0.1, -0.05) is 87.6 Å². The van der Waals surface area contributed by atoms with Crippen molar-refractivity contribution >= 4 is 12.0 Å². The van der Waals surface area contributed by atoms with Gasteiger partial charge >= 0.3 is 6.09 Å². The number of aliphatic hydroxyl groups is 2. The number of amides is 2. The first-order valence-electron chi connectivity index (χ1n) is 18.5. The normalized spacial score (nSPS) is 29.7. The molecule has 2 rings (SSSR count). The van der Waals surface area contributed by atoms with Gasteiger partial charge in [-0.05, 0) is 51.9 Å². The Labute approximate surface area is 312 Å². The molecule has 2 saturated heterocycles. The Morgan fingerprint density at radius 2 is 1.85 bits per heavy atom. The fraction of sp³-hybridized carbons (Fsp3) is 0.659. The molecule has 11 nitrogen and oxygen atoms in total. The highest BCUT2D eigenvalue weighted by molar-refractivity contribution is 5.90. The van der Waals surface area contributed by atoms with Crippen LogP contribution in [-0.2, 0) is 28.5 Å². The molecule has 2 fully saturated rings. The van der Waals surface area contributed by atoms with Crippen LogP contribution in [-0.4, -0.2) is 91.3 Å². The van der Waals surface area contributed by atoms with Crippen molar-refractivity contribution in [2.75, 3.05) is 20.8 Å². The summed E-state index contributed by atoms with van der Waals surface area (Å²) in [7, 11) is 3.10. The highest BCUT2D eigenvalue weighted by Crippen LogP contribution is 2.39. The van der Waals surface area contributed by atoms with Crippen LogP contribution in [0.3, 0.4) is 0 Å². The first-order valence-corrected chi connectivity index (χ1v) is 18.5. The third kappa shape index (κ3) is 15.8. The average molecular weight is 731 g/mol. The van der Waals surface area contributed by atoms with Crippen LogP contribution < -0.4 is 11.1 Å². The summed E-state index contributed by atoms with van der Waals surface area (Å²) < 4.78 is 29.2. The quantitative estimate of drug-likeness (QED) is 0.0649. The van der Waals surface area contributed by atoms with Gasteiger partial charge in [0.2, 0.25) is 0 Å². The minimum absolute atomic E-state index is 0.0114. The highest BCUT2D eigenvalue weighted by atomic mass is 16.6. The number of allylic oxidation sites excluding steroid dienone is 7. The van der Waals surface area contributed by atoms with E-state index in [1.165, 1.54) is 12.7 Å². The molecule has 11 atom stereocenters. The van der Waals surface area contributed by atoms with Gasteiger partial charge < -0.3 is 44.9 Å². The first kappa shape index (κ1) is 44.9. The van der Waals surface area contributed by atoms with Crippen molar-refractivity contribution in [3.63, 3.8) is 0 Å². The molecule has 0 radical (unpaired) electrons. The van der Waals surface area contributed by atoms with Crippen LogP contribution in [0.25, 0.3) is 0 Å². The number of rotatable bonds is 20. The molecule has 2 heterocycles. The number of hydrogen-bond donors (Lipinski definition) is 4. The number of carbonyl (C=O) groups excluding carboxylic acids is 2. The zero-order chi connectivity index (χ0) is 39.0.